The minimum Gasteiger partial charge on any atom is -0.497 e. The third-order valence-corrected chi connectivity index (χ3v) is 3.67. The normalized spacial score (nSPS) is 10.4. The average Bonchev–Trinajstić information content (AvgIpc) is 2.30. The summed E-state index contributed by atoms with van der Waals surface area (Å²) >= 11 is 3.43. The number of aryl methyl sites for hydroxylation is 1. The van der Waals surface area contributed by atoms with E-state index in [-0.39, 0.29) is 0 Å². The molecule has 0 bridgehead atoms. The van der Waals surface area contributed by atoms with Gasteiger partial charge < -0.3 is 4.74 Å². The second-order valence-corrected chi connectivity index (χ2v) is 4.42. The maximum absolute atomic E-state index is 11.1. The third kappa shape index (κ3) is 1.71. The molecule has 0 radical (unpaired) electrons. The van der Waals surface area contributed by atoms with Crippen LogP contribution in [-0.2, 0) is 0 Å². The second kappa shape index (κ2) is 4.26. The maximum atomic E-state index is 11.1. The van der Waals surface area contributed by atoms with E-state index in [4.69, 9.17) is 4.74 Å². The van der Waals surface area contributed by atoms with Crippen molar-refractivity contribution in [1.29, 1.82) is 0 Å². The van der Waals surface area contributed by atoms with Crippen molar-refractivity contribution in [2.24, 2.45) is 0 Å². The number of carbonyl (C=O) groups is 1. The summed E-state index contributed by atoms with van der Waals surface area (Å²) in [4.78, 5) is 11.1. The Labute approximate surface area is 102 Å². The molecule has 0 aromatic heterocycles. The van der Waals surface area contributed by atoms with Crippen molar-refractivity contribution in [1.82, 2.24) is 0 Å². The third-order valence-electron chi connectivity index (χ3n) is 2.62. The lowest BCUT2D eigenvalue weighted by Gasteiger charge is -2.08. The molecule has 3 heteroatoms. The van der Waals surface area contributed by atoms with Crippen molar-refractivity contribution in [3.63, 3.8) is 0 Å². The minimum absolute atomic E-state index is 0.692. The quantitative estimate of drug-likeness (QED) is 0.783. The summed E-state index contributed by atoms with van der Waals surface area (Å²) < 4.78 is 6.03. The first-order valence-corrected chi connectivity index (χ1v) is 5.68. The summed E-state index contributed by atoms with van der Waals surface area (Å²) in [6.07, 6.45) is 0.881. The summed E-state index contributed by atoms with van der Waals surface area (Å²) in [6.45, 7) is 1.97. The number of hydrogen-bond acceptors (Lipinski definition) is 2. The van der Waals surface area contributed by atoms with Gasteiger partial charge in [-0.05, 0) is 57.4 Å². The fourth-order valence-corrected chi connectivity index (χ4v) is 2.20. The number of halogens is 1. The molecule has 0 amide bonds. The van der Waals surface area contributed by atoms with Crippen LogP contribution < -0.4 is 4.74 Å². The van der Waals surface area contributed by atoms with Gasteiger partial charge in [-0.3, -0.25) is 4.79 Å². The summed E-state index contributed by atoms with van der Waals surface area (Å²) in [5.74, 6) is 0.797. The highest BCUT2D eigenvalue weighted by Gasteiger charge is 2.08. The lowest BCUT2D eigenvalue weighted by Crippen LogP contribution is -1.90. The van der Waals surface area contributed by atoms with E-state index in [1.54, 1.807) is 7.11 Å². The van der Waals surface area contributed by atoms with Gasteiger partial charge in [0.25, 0.3) is 0 Å². The van der Waals surface area contributed by atoms with E-state index in [1.807, 2.05) is 31.2 Å². The van der Waals surface area contributed by atoms with E-state index in [2.05, 4.69) is 15.9 Å². The van der Waals surface area contributed by atoms with E-state index < -0.39 is 0 Å². The molecule has 2 aromatic carbocycles. The first-order chi connectivity index (χ1) is 7.67. The predicted octanol–water partition coefficient (Wildman–Crippen LogP) is 3.73. The van der Waals surface area contributed by atoms with Gasteiger partial charge in [0.05, 0.1) is 7.11 Å². The smallest absolute Gasteiger partial charge is 0.151 e. The number of hydrogen-bond donors (Lipinski definition) is 0. The van der Waals surface area contributed by atoms with E-state index >= 15 is 0 Å². The number of ether oxygens (including phenoxy) is 1. The van der Waals surface area contributed by atoms with E-state index in [1.165, 1.54) is 0 Å². The van der Waals surface area contributed by atoms with Gasteiger partial charge in [0.15, 0.2) is 6.29 Å². The molecule has 0 atom stereocenters. The number of methoxy groups -OCH3 is 1. The van der Waals surface area contributed by atoms with Crippen molar-refractivity contribution in [3.05, 3.63) is 39.9 Å². The zero-order chi connectivity index (χ0) is 11.7. The van der Waals surface area contributed by atoms with Crippen molar-refractivity contribution >= 4 is 33.0 Å². The van der Waals surface area contributed by atoms with Crippen molar-refractivity contribution in [2.75, 3.05) is 7.11 Å². The molecule has 2 aromatic rings. The Bertz CT molecular complexity index is 561. The fourth-order valence-electron chi connectivity index (χ4n) is 1.77. The van der Waals surface area contributed by atoms with Crippen LogP contribution in [0.15, 0.2) is 28.7 Å². The molecule has 0 N–H and O–H groups in total. The van der Waals surface area contributed by atoms with E-state index in [9.17, 15) is 4.79 Å². The van der Waals surface area contributed by atoms with Crippen LogP contribution in [0, 0.1) is 6.92 Å². The van der Waals surface area contributed by atoms with Crippen molar-refractivity contribution < 1.29 is 9.53 Å². The van der Waals surface area contributed by atoms with Gasteiger partial charge in [-0.15, -0.1) is 0 Å². The molecule has 2 nitrogen and oxygen atoms in total. The highest BCUT2D eigenvalue weighted by Crippen LogP contribution is 2.30. The van der Waals surface area contributed by atoms with Crippen molar-refractivity contribution in [2.45, 2.75) is 6.92 Å². The Morgan fingerprint density at radius 1 is 1.31 bits per heavy atom. The van der Waals surface area contributed by atoms with Crippen LogP contribution in [0.25, 0.3) is 10.8 Å². The second-order valence-electron chi connectivity index (χ2n) is 3.63. The van der Waals surface area contributed by atoms with Crippen LogP contribution >= 0.6 is 15.9 Å². The van der Waals surface area contributed by atoms with Crippen LogP contribution in [0.3, 0.4) is 0 Å². The topological polar surface area (TPSA) is 26.3 Å². The molecular formula is C13H11BrO2. The van der Waals surface area contributed by atoms with Gasteiger partial charge in [-0.1, -0.05) is 6.07 Å². The SMILES string of the molecule is COc1ccc2c(C=O)c(Br)c(C)cc2c1. The summed E-state index contributed by atoms with van der Waals surface area (Å²) in [5, 5.41) is 1.95. The zero-order valence-corrected chi connectivity index (χ0v) is 10.7. The van der Waals surface area contributed by atoms with Crippen molar-refractivity contribution in [3.8, 4) is 5.75 Å². The Morgan fingerprint density at radius 3 is 2.69 bits per heavy atom. The van der Waals surface area contributed by atoms with Gasteiger partial charge in [-0.25, -0.2) is 0 Å². The molecule has 0 fully saturated rings. The summed E-state index contributed by atoms with van der Waals surface area (Å²) in [5.41, 5.74) is 1.74. The lowest BCUT2D eigenvalue weighted by atomic mass is 10.0. The molecule has 0 heterocycles. The van der Waals surface area contributed by atoms with Gasteiger partial charge >= 0.3 is 0 Å². The molecule has 0 spiro atoms. The number of benzene rings is 2. The number of fused-ring (bicyclic) bond motifs is 1. The Morgan fingerprint density at radius 2 is 2.06 bits per heavy atom. The Balaban J connectivity index is 2.84. The Hall–Kier alpha value is -1.35. The number of carbonyl (C=O) groups excluding carboxylic acids is 1. The molecule has 82 valence electrons. The van der Waals surface area contributed by atoms with Gasteiger partial charge in [0.1, 0.15) is 5.75 Å². The summed E-state index contributed by atoms with van der Waals surface area (Å²) in [7, 11) is 1.63. The maximum Gasteiger partial charge on any atom is 0.151 e. The molecule has 0 saturated heterocycles. The minimum atomic E-state index is 0.692. The molecule has 0 aliphatic heterocycles. The van der Waals surface area contributed by atoms with Crippen LogP contribution in [0.1, 0.15) is 15.9 Å². The molecule has 2 rings (SSSR count). The first-order valence-electron chi connectivity index (χ1n) is 4.89. The van der Waals surface area contributed by atoms with Crippen LogP contribution in [0.4, 0.5) is 0 Å². The average molecular weight is 279 g/mol. The Kier molecular flexibility index (Phi) is 2.97. The van der Waals surface area contributed by atoms with Gasteiger partial charge in [-0.2, -0.15) is 0 Å². The first kappa shape index (κ1) is 11.1. The molecular weight excluding hydrogens is 268 g/mol. The van der Waals surface area contributed by atoms with Crippen LogP contribution in [0.2, 0.25) is 0 Å². The standard InChI is InChI=1S/C13H11BrO2/c1-8-5-9-6-10(16-2)3-4-11(9)12(7-15)13(8)14/h3-7H,1-2H3. The number of rotatable bonds is 2. The zero-order valence-electron chi connectivity index (χ0n) is 9.08. The molecule has 16 heavy (non-hydrogen) atoms. The molecule has 0 unspecified atom stereocenters. The molecule has 0 aliphatic rings. The monoisotopic (exact) mass is 278 g/mol. The van der Waals surface area contributed by atoms with Crippen LogP contribution in [0.5, 0.6) is 5.75 Å². The summed E-state index contributed by atoms with van der Waals surface area (Å²) in [6, 6.07) is 7.73. The number of aldehydes is 1. The largest absolute Gasteiger partial charge is 0.497 e. The highest BCUT2D eigenvalue weighted by atomic mass is 79.9. The molecule has 0 saturated carbocycles. The van der Waals surface area contributed by atoms with Gasteiger partial charge in [0, 0.05) is 10.0 Å². The highest BCUT2D eigenvalue weighted by molar-refractivity contribution is 9.10. The van der Waals surface area contributed by atoms with Crippen LogP contribution in [-0.4, -0.2) is 13.4 Å². The van der Waals surface area contributed by atoms with Gasteiger partial charge in [0.2, 0.25) is 0 Å². The fraction of sp³-hybridized carbons (Fsp3) is 0.154. The lowest BCUT2D eigenvalue weighted by molar-refractivity contribution is 0.112. The molecule has 0 aliphatic carbocycles. The van der Waals surface area contributed by atoms with E-state index in [0.29, 0.717) is 5.56 Å². The van der Waals surface area contributed by atoms with E-state index in [0.717, 1.165) is 32.8 Å². The predicted molar refractivity (Wildman–Crippen MR) is 68.3 cm³/mol.